The molecule has 2 aromatic rings. The maximum absolute atomic E-state index is 13.4. The van der Waals surface area contributed by atoms with E-state index >= 15 is 0 Å². The van der Waals surface area contributed by atoms with Crippen LogP contribution in [0, 0.1) is 22.7 Å². The van der Waals surface area contributed by atoms with Crippen LogP contribution in [-0.2, 0) is 26.3 Å². The van der Waals surface area contributed by atoms with Crippen LogP contribution < -0.4 is 4.74 Å². The van der Waals surface area contributed by atoms with Crippen molar-refractivity contribution >= 4 is 16.1 Å². The number of carbonyl (C=O) groups is 1. The number of rotatable bonds is 9. The van der Waals surface area contributed by atoms with Crippen LogP contribution in [0.15, 0.2) is 53.4 Å². The SMILES string of the molecule is CCC(C)c1ccc(OCC23CC4CC(C2)CC(C(=O)OCc2ccc(S(=O)(=O)O)cc2)(C4)C3)cc1. The highest BCUT2D eigenvalue weighted by Crippen LogP contribution is 2.65. The lowest BCUT2D eigenvalue weighted by atomic mass is 9.44. The molecule has 0 saturated heterocycles. The van der Waals surface area contributed by atoms with E-state index in [4.69, 9.17) is 14.0 Å². The lowest BCUT2D eigenvalue weighted by Gasteiger charge is -2.60. The summed E-state index contributed by atoms with van der Waals surface area (Å²) in [6, 6.07) is 14.2. The Balaban J connectivity index is 1.24. The summed E-state index contributed by atoms with van der Waals surface area (Å²) in [5.74, 6) is 2.35. The molecule has 0 amide bonds. The van der Waals surface area contributed by atoms with E-state index in [1.807, 2.05) is 0 Å². The third kappa shape index (κ3) is 5.05. The summed E-state index contributed by atoms with van der Waals surface area (Å²) in [6.07, 6.45) is 7.10. The molecule has 0 heterocycles. The maximum atomic E-state index is 13.4. The fraction of sp³-hybridized carbons (Fsp3) is 0.552. The van der Waals surface area contributed by atoms with Crippen molar-refractivity contribution in [3.8, 4) is 5.75 Å². The highest BCUT2D eigenvalue weighted by atomic mass is 32.2. The van der Waals surface area contributed by atoms with E-state index < -0.39 is 15.5 Å². The van der Waals surface area contributed by atoms with Crippen LogP contribution in [-0.4, -0.2) is 25.5 Å². The Morgan fingerprint density at radius 3 is 2.25 bits per heavy atom. The smallest absolute Gasteiger partial charge is 0.312 e. The van der Waals surface area contributed by atoms with E-state index in [0.29, 0.717) is 29.9 Å². The zero-order valence-corrected chi connectivity index (χ0v) is 21.9. The van der Waals surface area contributed by atoms with Crippen LogP contribution in [0.4, 0.5) is 0 Å². The summed E-state index contributed by atoms with van der Waals surface area (Å²) in [4.78, 5) is 13.3. The van der Waals surface area contributed by atoms with Gasteiger partial charge in [-0.15, -0.1) is 0 Å². The molecule has 0 radical (unpaired) electrons. The van der Waals surface area contributed by atoms with Crippen LogP contribution in [0.3, 0.4) is 0 Å². The molecule has 4 aliphatic rings. The average molecular weight is 513 g/mol. The molecule has 0 spiro atoms. The van der Waals surface area contributed by atoms with Gasteiger partial charge in [-0.3, -0.25) is 9.35 Å². The van der Waals surface area contributed by atoms with Crippen LogP contribution in [0.2, 0.25) is 0 Å². The molecular formula is C29H36O6S. The van der Waals surface area contributed by atoms with E-state index in [9.17, 15) is 13.2 Å². The number of esters is 1. The van der Waals surface area contributed by atoms with E-state index in [2.05, 4.69) is 38.1 Å². The molecular weight excluding hydrogens is 476 g/mol. The van der Waals surface area contributed by atoms with Gasteiger partial charge in [0.25, 0.3) is 10.1 Å². The molecule has 1 N–H and O–H groups in total. The minimum absolute atomic E-state index is 0.00954. The fourth-order valence-electron chi connectivity index (χ4n) is 7.28. The van der Waals surface area contributed by atoms with Crippen LogP contribution >= 0.6 is 0 Å². The molecule has 6 rings (SSSR count). The molecule has 2 aromatic carbocycles. The van der Waals surface area contributed by atoms with Gasteiger partial charge in [0.2, 0.25) is 0 Å². The Kier molecular flexibility index (Phi) is 6.66. The van der Waals surface area contributed by atoms with Crippen LogP contribution in [0.25, 0.3) is 0 Å². The van der Waals surface area contributed by atoms with Gasteiger partial charge in [-0.25, -0.2) is 0 Å². The number of hydrogen-bond donors (Lipinski definition) is 1. The molecule has 4 saturated carbocycles. The third-order valence-corrected chi connectivity index (χ3v) is 9.68. The summed E-state index contributed by atoms with van der Waals surface area (Å²) < 4.78 is 43.8. The van der Waals surface area contributed by atoms with Crippen molar-refractivity contribution in [2.24, 2.45) is 22.7 Å². The molecule has 194 valence electrons. The van der Waals surface area contributed by atoms with Gasteiger partial charge in [-0.05, 0) is 98.1 Å². The second kappa shape index (κ2) is 9.49. The van der Waals surface area contributed by atoms with Crippen molar-refractivity contribution in [2.75, 3.05) is 6.61 Å². The largest absolute Gasteiger partial charge is 0.493 e. The molecule has 0 aromatic heterocycles. The highest BCUT2D eigenvalue weighted by molar-refractivity contribution is 7.85. The van der Waals surface area contributed by atoms with Gasteiger partial charge in [0.05, 0.1) is 16.9 Å². The number of carbonyl (C=O) groups excluding carboxylic acids is 1. The quantitative estimate of drug-likeness (QED) is 0.320. The lowest BCUT2D eigenvalue weighted by molar-refractivity contribution is -0.185. The van der Waals surface area contributed by atoms with E-state index in [-0.39, 0.29) is 22.9 Å². The predicted octanol–water partition coefficient (Wildman–Crippen LogP) is 6.16. The van der Waals surface area contributed by atoms with Crippen molar-refractivity contribution in [1.82, 2.24) is 0 Å². The maximum Gasteiger partial charge on any atom is 0.312 e. The number of ether oxygens (including phenoxy) is 2. The summed E-state index contributed by atoms with van der Waals surface area (Å²) in [6.45, 7) is 5.16. The van der Waals surface area contributed by atoms with Gasteiger partial charge in [-0.1, -0.05) is 38.1 Å². The highest BCUT2D eigenvalue weighted by Gasteiger charge is 2.61. The normalized spacial score (nSPS) is 29.6. The predicted molar refractivity (Wildman–Crippen MR) is 136 cm³/mol. The first-order chi connectivity index (χ1) is 17.1. The van der Waals surface area contributed by atoms with Crippen LogP contribution in [0.5, 0.6) is 5.75 Å². The monoisotopic (exact) mass is 512 g/mol. The molecule has 4 bridgehead atoms. The second-order valence-electron chi connectivity index (χ2n) is 11.6. The van der Waals surface area contributed by atoms with E-state index in [1.54, 1.807) is 12.1 Å². The minimum Gasteiger partial charge on any atom is -0.493 e. The fourth-order valence-corrected chi connectivity index (χ4v) is 7.76. The molecule has 4 aliphatic carbocycles. The lowest BCUT2D eigenvalue weighted by Crippen LogP contribution is -2.57. The van der Waals surface area contributed by atoms with Gasteiger partial charge < -0.3 is 9.47 Å². The standard InChI is InChI=1S/C29H36O6S/c1-3-20(2)24-6-8-25(9-7-24)35-19-28-13-22-12-23(14-28)16-29(15-22,18-28)27(30)34-17-21-4-10-26(11-5-21)36(31,32)33/h4-11,20,22-23H,3,12-19H2,1-2H3,(H,31,32,33). The van der Waals surface area contributed by atoms with Gasteiger partial charge in [0.1, 0.15) is 12.4 Å². The summed E-state index contributed by atoms with van der Waals surface area (Å²) in [5.41, 5.74) is 1.58. The Bertz CT molecular complexity index is 1190. The van der Waals surface area contributed by atoms with E-state index in [1.165, 1.54) is 24.1 Å². The van der Waals surface area contributed by atoms with Crippen molar-refractivity contribution < 1.29 is 27.2 Å². The Morgan fingerprint density at radius 1 is 1.03 bits per heavy atom. The summed E-state index contributed by atoms with van der Waals surface area (Å²) in [5, 5.41) is 0. The first kappa shape index (κ1) is 25.3. The second-order valence-corrected chi connectivity index (χ2v) is 13.0. The van der Waals surface area contributed by atoms with Crippen molar-refractivity contribution in [2.45, 2.75) is 76.2 Å². The number of hydrogen-bond acceptors (Lipinski definition) is 5. The van der Waals surface area contributed by atoms with Gasteiger partial charge in [0, 0.05) is 5.41 Å². The molecule has 3 unspecified atom stereocenters. The van der Waals surface area contributed by atoms with Gasteiger partial charge in [0.15, 0.2) is 0 Å². The zero-order valence-electron chi connectivity index (χ0n) is 21.1. The summed E-state index contributed by atoms with van der Waals surface area (Å²) in [7, 11) is -4.24. The first-order valence-corrected chi connectivity index (χ1v) is 14.5. The number of benzene rings is 2. The average Bonchev–Trinajstić information content (AvgIpc) is 2.85. The Hall–Kier alpha value is -2.38. The van der Waals surface area contributed by atoms with E-state index in [0.717, 1.165) is 44.3 Å². The van der Waals surface area contributed by atoms with Crippen molar-refractivity contribution in [1.29, 1.82) is 0 Å². The van der Waals surface area contributed by atoms with Crippen molar-refractivity contribution in [3.63, 3.8) is 0 Å². The molecule has 4 fully saturated rings. The Morgan fingerprint density at radius 2 is 1.67 bits per heavy atom. The van der Waals surface area contributed by atoms with Gasteiger partial charge >= 0.3 is 5.97 Å². The molecule has 6 nitrogen and oxygen atoms in total. The van der Waals surface area contributed by atoms with Crippen LogP contribution in [0.1, 0.15) is 75.8 Å². The first-order valence-electron chi connectivity index (χ1n) is 13.1. The molecule has 36 heavy (non-hydrogen) atoms. The van der Waals surface area contributed by atoms with Gasteiger partial charge in [-0.2, -0.15) is 8.42 Å². The molecule has 0 aliphatic heterocycles. The van der Waals surface area contributed by atoms with Crippen molar-refractivity contribution in [3.05, 3.63) is 59.7 Å². The third-order valence-electron chi connectivity index (χ3n) is 8.81. The summed E-state index contributed by atoms with van der Waals surface area (Å²) >= 11 is 0. The minimum atomic E-state index is -4.24. The zero-order chi connectivity index (χ0) is 25.6. The molecule has 7 heteroatoms. The Labute approximate surface area is 214 Å². The molecule has 3 atom stereocenters. The topological polar surface area (TPSA) is 89.9 Å².